The van der Waals surface area contributed by atoms with E-state index in [1.54, 1.807) is 6.20 Å². The molecular weight excluding hydrogens is 255 g/mol. The third kappa shape index (κ3) is 2.90. The summed E-state index contributed by atoms with van der Waals surface area (Å²) >= 11 is 5.92. The number of hydrogen-bond acceptors (Lipinski definition) is 3. The van der Waals surface area contributed by atoms with E-state index in [1.807, 2.05) is 13.0 Å². The van der Waals surface area contributed by atoms with Crippen LogP contribution in [0.3, 0.4) is 0 Å². The highest BCUT2D eigenvalue weighted by molar-refractivity contribution is 6.31. The fraction of sp³-hybridized carbons (Fsp3) is 0.154. The largest absolute Gasteiger partial charge is 0.508 e. The summed E-state index contributed by atoms with van der Waals surface area (Å²) in [6.07, 6.45) is 1.66. The van der Waals surface area contributed by atoms with Crippen LogP contribution in [0.5, 0.6) is 5.75 Å². The van der Waals surface area contributed by atoms with Crippen molar-refractivity contribution in [2.24, 2.45) is 0 Å². The molecule has 0 spiro atoms. The third-order valence-corrected chi connectivity index (χ3v) is 2.79. The van der Waals surface area contributed by atoms with Crippen molar-refractivity contribution >= 4 is 17.3 Å². The van der Waals surface area contributed by atoms with Crippen LogP contribution in [0.4, 0.5) is 10.1 Å². The van der Waals surface area contributed by atoms with Gasteiger partial charge in [0.05, 0.1) is 5.69 Å². The molecule has 2 N–H and O–H groups in total. The lowest BCUT2D eigenvalue weighted by Gasteiger charge is -2.10. The van der Waals surface area contributed by atoms with E-state index in [1.165, 1.54) is 18.2 Å². The number of pyridine rings is 1. The number of hydrogen-bond donors (Lipinski definition) is 2. The molecule has 0 aliphatic heterocycles. The highest BCUT2D eigenvalue weighted by atomic mass is 35.5. The standard InChI is InChI=1S/C13H12ClFN2O/c1-8-4-11(13(14)17-6-8)16-7-9-5-10(15)2-3-12(9)18/h2-6,16,18H,7H2,1H3. The molecule has 0 aliphatic rings. The Morgan fingerprint density at radius 3 is 2.94 bits per heavy atom. The average Bonchev–Trinajstić information content (AvgIpc) is 2.34. The first-order chi connectivity index (χ1) is 8.56. The Hall–Kier alpha value is -1.81. The van der Waals surface area contributed by atoms with Crippen LogP contribution < -0.4 is 5.32 Å². The molecule has 1 heterocycles. The molecule has 0 aliphatic carbocycles. The number of aromatic hydroxyl groups is 1. The molecule has 0 radical (unpaired) electrons. The molecule has 0 bridgehead atoms. The fourth-order valence-electron chi connectivity index (χ4n) is 1.56. The normalized spacial score (nSPS) is 10.4. The first-order valence-electron chi connectivity index (χ1n) is 5.39. The lowest BCUT2D eigenvalue weighted by Crippen LogP contribution is -2.02. The Labute approximate surface area is 109 Å². The van der Waals surface area contributed by atoms with Gasteiger partial charge in [0, 0.05) is 18.3 Å². The third-order valence-electron chi connectivity index (χ3n) is 2.49. The molecule has 94 valence electrons. The van der Waals surface area contributed by atoms with Crippen LogP contribution in [0.15, 0.2) is 30.5 Å². The molecular formula is C13H12ClFN2O. The minimum Gasteiger partial charge on any atom is -0.508 e. The van der Waals surface area contributed by atoms with Crippen LogP contribution in [-0.4, -0.2) is 10.1 Å². The fourth-order valence-corrected chi connectivity index (χ4v) is 1.73. The van der Waals surface area contributed by atoms with Crippen LogP contribution in [0.1, 0.15) is 11.1 Å². The van der Waals surface area contributed by atoms with Crippen LogP contribution in [0, 0.1) is 12.7 Å². The van der Waals surface area contributed by atoms with Crippen molar-refractivity contribution in [1.82, 2.24) is 4.98 Å². The van der Waals surface area contributed by atoms with Crippen molar-refractivity contribution in [1.29, 1.82) is 0 Å². The van der Waals surface area contributed by atoms with Crippen molar-refractivity contribution in [3.05, 3.63) is 52.6 Å². The van der Waals surface area contributed by atoms with E-state index in [0.29, 0.717) is 16.4 Å². The van der Waals surface area contributed by atoms with Gasteiger partial charge in [0.25, 0.3) is 0 Å². The quantitative estimate of drug-likeness (QED) is 0.836. The van der Waals surface area contributed by atoms with Gasteiger partial charge in [0.2, 0.25) is 0 Å². The zero-order valence-corrected chi connectivity index (χ0v) is 10.5. The summed E-state index contributed by atoms with van der Waals surface area (Å²) in [5.41, 5.74) is 2.08. The number of aryl methyl sites for hydroxylation is 1. The number of nitrogens with zero attached hydrogens (tertiary/aromatic N) is 1. The van der Waals surface area contributed by atoms with E-state index >= 15 is 0 Å². The molecule has 18 heavy (non-hydrogen) atoms. The van der Waals surface area contributed by atoms with Gasteiger partial charge in [-0.2, -0.15) is 0 Å². The van der Waals surface area contributed by atoms with Crippen molar-refractivity contribution in [2.45, 2.75) is 13.5 Å². The summed E-state index contributed by atoms with van der Waals surface area (Å²) in [6, 6.07) is 5.65. The van der Waals surface area contributed by atoms with Crippen molar-refractivity contribution in [3.8, 4) is 5.75 Å². The van der Waals surface area contributed by atoms with Crippen LogP contribution >= 0.6 is 11.6 Å². The second-order valence-electron chi connectivity index (χ2n) is 3.98. The predicted molar refractivity (Wildman–Crippen MR) is 69.4 cm³/mol. The summed E-state index contributed by atoms with van der Waals surface area (Å²) in [5, 5.41) is 12.9. The summed E-state index contributed by atoms with van der Waals surface area (Å²) in [6.45, 7) is 2.17. The Balaban J connectivity index is 2.16. The van der Waals surface area contributed by atoms with Gasteiger partial charge in [0.1, 0.15) is 11.6 Å². The molecule has 0 unspecified atom stereocenters. The van der Waals surface area contributed by atoms with Crippen LogP contribution in [0.25, 0.3) is 0 Å². The Morgan fingerprint density at radius 1 is 1.39 bits per heavy atom. The number of aromatic nitrogens is 1. The lowest BCUT2D eigenvalue weighted by atomic mass is 10.2. The smallest absolute Gasteiger partial charge is 0.152 e. The first kappa shape index (κ1) is 12.6. The maximum absolute atomic E-state index is 13.0. The molecule has 0 saturated heterocycles. The van der Waals surface area contributed by atoms with E-state index in [4.69, 9.17) is 11.6 Å². The molecule has 2 aromatic rings. The average molecular weight is 267 g/mol. The summed E-state index contributed by atoms with van der Waals surface area (Å²) < 4.78 is 13.0. The molecule has 1 aromatic carbocycles. The van der Waals surface area contributed by atoms with Crippen molar-refractivity contribution in [3.63, 3.8) is 0 Å². The van der Waals surface area contributed by atoms with Gasteiger partial charge in [-0.3, -0.25) is 0 Å². The van der Waals surface area contributed by atoms with E-state index < -0.39 is 5.82 Å². The van der Waals surface area contributed by atoms with Gasteiger partial charge in [-0.1, -0.05) is 11.6 Å². The lowest BCUT2D eigenvalue weighted by molar-refractivity contribution is 0.466. The van der Waals surface area contributed by atoms with Crippen molar-refractivity contribution in [2.75, 3.05) is 5.32 Å². The number of nitrogens with one attached hydrogen (secondary N) is 1. The maximum atomic E-state index is 13.0. The second-order valence-corrected chi connectivity index (χ2v) is 4.34. The molecule has 2 rings (SSSR count). The SMILES string of the molecule is Cc1cnc(Cl)c(NCc2cc(F)ccc2O)c1. The Kier molecular flexibility index (Phi) is 3.67. The highest BCUT2D eigenvalue weighted by Crippen LogP contribution is 2.23. The number of anilines is 1. The molecule has 3 nitrogen and oxygen atoms in total. The van der Waals surface area contributed by atoms with E-state index in [2.05, 4.69) is 10.3 Å². The maximum Gasteiger partial charge on any atom is 0.152 e. The summed E-state index contributed by atoms with van der Waals surface area (Å²) in [4.78, 5) is 4.00. The van der Waals surface area contributed by atoms with Gasteiger partial charge < -0.3 is 10.4 Å². The van der Waals surface area contributed by atoms with Crippen molar-refractivity contribution < 1.29 is 9.50 Å². The van der Waals surface area contributed by atoms with Gasteiger partial charge in [0.15, 0.2) is 5.15 Å². The number of phenols is 1. The number of halogens is 2. The minimum absolute atomic E-state index is 0.0423. The van der Waals surface area contributed by atoms with E-state index in [9.17, 15) is 9.50 Å². The van der Waals surface area contributed by atoms with E-state index in [-0.39, 0.29) is 12.3 Å². The van der Waals surface area contributed by atoms with Gasteiger partial charge in [-0.25, -0.2) is 9.37 Å². The van der Waals surface area contributed by atoms with Crippen LogP contribution in [-0.2, 0) is 6.54 Å². The summed E-state index contributed by atoms with van der Waals surface area (Å²) in [7, 11) is 0. The second kappa shape index (κ2) is 5.23. The molecule has 0 atom stereocenters. The zero-order chi connectivity index (χ0) is 13.1. The van der Waals surface area contributed by atoms with Gasteiger partial charge in [-0.15, -0.1) is 0 Å². The number of rotatable bonds is 3. The van der Waals surface area contributed by atoms with Gasteiger partial charge in [-0.05, 0) is 36.8 Å². The van der Waals surface area contributed by atoms with Crippen LogP contribution in [0.2, 0.25) is 5.15 Å². The zero-order valence-electron chi connectivity index (χ0n) is 9.74. The first-order valence-corrected chi connectivity index (χ1v) is 5.77. The molecule has 0 fully saturated rings. The topological polar surface area (TPSA) is 45.2 Å². The Morgan fingerprint density at radius 2 is 2.17 bits per heavy atom. The van der Waals surface area contributed by atoms with Gasteiger partial charge >= 0.3 is 0 Å². The van der Waals surface area contributed by atoms with E-state index in [0.717, 1.165) is 5.56 Å². The molecule has 5 heteroatoms. The number of benzene rings is 1. The highest BCUT2D eigenvalue weighted by Gasteiger charge is 2.05. The number of phenolic OH excluding ortho intramolecular Hbond substituents is 1. The minimum atomic E-state index is -0.391. The Bertz CT molecular complexity index is 523. The molecule has 1 aromatic heterocycles. The molecule has 0 amide bonds. The molecule has 0 saturated carbocycles. The predicted octanol–water partition coefficient (Wildman–Crippen LogP) is 3.50. The summed E-state index contributed by atoms with van der Waals surface area (Å²) in [5.74, 6) is -0.348. The monoisotopic (exact) mass is 266 g/mol.